The van der Waals surface area contributed by atoms with Gasteiger partial charge in [-0.1, -0.05) is 18.5 Å². The molecule has 1 aromatic carbocycles. The third-order valence-corrected chi connectivity index (χ3v) is 4.96. The van der Waals surface area contributed by atoms with E-state index in [0.717, 1.165) is 25.9 Å². The Morgan fingerprint density at radius 3 is 2.68 bits per heavy atom. The lowest BCUT2D eigenvalue weighted by atomic mass is 10.0. The third kappa shape index (κ3) is 4.04. The van der Waals surface area contributed by atoms with Gasteiger partial charge in [-0.25, -0.2) is 9.97 Å². The van der Waals surface area contributed by atoms with Gasteiger partial charge in [-0.15, -0.1) is 0 Å². The summed E-state index contributed by atoms with van der Waals surface area (Å²) in [6.07, 6.45) is 3.39. The largest absolute Gasteiger partial charge is 0.495 e. The maximum Gasteiger partial charge on any atom is 0.353 e. The fourth-order valence-corrected chi connectivity index (χ4v) is 3.57. The number of halogens is 1. The summed E-state index contributed by atoms with van der Waals surface area (Å²) in [5.41, 5.74) is 0.263. The van der Waals surface area contributed by atoms with E-state index in [0.29, 0.717) is 33.9 Å². The summed E-state index contributed by atoms with van der Waals surface area (Å²) >= 11 is 6.20. The molecule has 1 fully saturated rings. The highest BCUT2D eigenvalue weighted by Crippen LogP contribution is 2.40. The number of nitrogens with zero attached hydrogens (tertiary/aromatic N) is 4. The summed E-state index contributed by atoms with van der Waals surface area (Å²) < 4.78 is 10.5. The standard InChI is InChI=1S/C18H22ClN5O4/c1-11-5-4-6-23(9-11)18-16(24(25)26)17(20-10-21-18)22-13-7-12(19)14(27-2)8-15(13)28-3/h7-8,10-11H,4-6,9H2,1-3H3,(H,20,21,22). The first-order valence-corrected chi connectivity index (χ1v) is 9.25. The van der Waals surface area contributed by atoms with Crippen LogP contribution in [0.25, 0.3) is 0 Å². The number of ether oxygens (including phenoxy) is 2. The molecule has 150 valence electrons. The number of anilines is 3. The van der Waals surface area contributed by atoms with Gasteiger partial charge >= 0.3 is 5.69 Å². The first kappa shape index (κ1) is 19.9. The van der Waals surface area contributed by atoms with Crippen molar-refractivity contribution in [2.45, 2.75) is 19.8 Å². The number of hydrogen-bond donors (Lipinski definition) is 1. The molecule has 1 N–H and O–H groups in total. The molecule has 0 amide bonds. The van der Waals surface area contributed by atoms with Gasteiger partial charge in [0.2, 0.25) is 11.6 Å². The van der Waals surface area contributed by atoms with E-state index >= 15 is 0 Å². The number of piperidine rings is 1. The molecule has 2 aromatic rings. The Labute approximate surface area is 167 Å². The maximum absolute atomic E-state index is 11.9. The summed E-state index contributed by atoms with van der Waals surface area (Å²) in [6.45, 7) is 3.57. The van der Waals surface area contributed by atoms with Gasteiger partial charge < -0.3 is 19.7 Å². The Balaban J connectivity index is 2.02. The van der Waals surface area contributed by atoms with Crippen molar-refractivity contribution in [3.05, 3.63) is 33.6 Å². The van der Waals surface area contributed by atoms with Crippen LogP contribution >= 0.6 is 11.6 Å². The first-order chi connectivity index (χ1) is 13.4. The molecule has 0 spiro atoms. The minimum atomic E-state index is -0.464. The molecule has 1 unspecified atom stereocenters. The van der Waals surface area contributed by atoms with E-state index < -0.39 is 4.92 Å². The van der Waals surface area contributed by atoms with Crippen molar-refractivity contribution in [3.63, 3.8) is 0 Å². The summed E-state index contributed by atoms with van der Waals surface area (Å²) in [6, 6.07) is 3.18. The lowest BCUT2D eigenvalue weighted by Crippen LogP contribution is -2.35. The summed E-state index contributed by atoms with van der Waals surface area (Å²) in [5.74, 6) is 1.69. The highest BCUT2D eigenvalue weighted by Gasteiger charge is 2.30. The molecule has 1 saturated heterocycles. The first-order valence-electron chi connectivity index (χ1n) is 8.87. The molecule has 28 heavy (non-hydrogen) atoms. The quantitative estimate of drug-likeness (QED) is 0.565. The van der Waals surface area contributed by atoms with Crippen molar-refractivity contribution < 1.29 is 14.4 Å². The van der Waals surface area contributed by atoms with Crippen LogP contribution in [0.3, 0.4) is 0 Å². The third-order valence-electron chi connectivity index (χ3n) is 4.67. The predicted octanol–water partition coefficient (Wildman–Crippen LogP) is 4.04. The fraction of sp³-hybridized carbons (Fsp3) is 0.444. The van der Waals surface area contributed by atoms with Crippen LogP contribution < -0.4 is 19.7 Å². The van der Waals surface area contributed by atoms with Crippen molar-refractivity contribution in [1.82, 2.24) is 9.97 Å². The molecule has 1 atom stereocenters. The zero-order chi connectivity index (χ0) is 20.3. The van der Waals surface area contributed by atoms with Crippen molar-refractivity contribution in [2.75, 3.05) is 37.5 Å². The van der Waals surface area contributed by atoms with Crippen LogP contribution in [0.5, 0.6) is 11.5 Å². The van der Waals surface area contributed by atoms with Gasteiger partial charge in [0.15, 0.2) is 0 Å². The van der Waals surface area contributed by atoms with E-state index in [1.54, 1.807) is 12.1 Å². The van der Waals surface area contributed by atoms with Crippen molar-refractivity contribution in [1.29, 1.82) is 0 Å². The van der Waals surface area contributed by atoms with E-state index in [2.05, 4.69) is 22.2 Å². The van der Waals surface area contributed by atoms with E-state index in [4.69, 9.17) is 21.1 Å². The second kappa shape index (κ2) is 8.47. The molecular formula is C18H22ClN5O4. The van der Waals surface area contributed by atoms with Gasteiger partial charge in [0, 0.05) is 19.2 Å². The van der Waals surface area contributed by atoms with Gasteiger partial charge in [-0.2, -0.15) is 0 Å². The van der Waals surface area contributed by atoms with Crippen LogP contribution in [0.4, 0.5) is 23.0 Å². The molecule has 1 aromatic heterocycles. The highest BCUT2D eigenvalue weighted by molar-refractivity contribution is 6.32. The zero-order valence-electron chi connectivity index (χ0n) is 15.9. The molecular weight excluding hydrogens is 386 g/mol. The molecule has 0 aliphatic carbocycles. The van der Waals surface area contributed by atoms with E-state index in [1.165, 1.54) is 20.5 Å². The zero-order valence-corrected chi connectivity index (χ0v) is 16.7. The normalized spacial score (nSPS) is 16.6. The molecule has 0 saturated carbocycles. The SMILES string of the molecule is COc1cc(OC)c(Nc2ncnc(N3CCCC(C)C3)c2[N+](=O)[O-])cc1Cl. The Bertz CT molecular complexity index is 879. The number of aromatic nitrogens is 2. The monoisotopic (exact) mass is 407 g/mol. The number of hydrogen-bond acceptors (Lipinski definition) is 8. The van der Waals surface area contributed by atoms with E-state index in [-0.39, 0.29) is 11.5 Å². The average molecular weight is 408 g/mol. The van der Waals surface area contributed by atoms with Crippen LogP contribution in [-0.2, 0) is 0 Å². The molecule has 9 nitrogen and oxygen atoms in total. The molecule has 10 heteroatoms. The topological polar surface area (TPSA) is 103 Å². The highest BCUT2D eigenvalue weighted by atomic mass is 35.5. The number of nitro groups is 1. The van der Waals surface area contributed by atoms with Crippen LogP contribution in [0, 0.1) is 16.0 Å². The average Bonchev–Trinajstić information content (AvgIpc) is 2.68. The minimum Gasteiger partial charge on any atom is -0.495 e. The van der Waals surface area contributed by atoms with Crippen LogP contribution in [0.15, 0.2) is 18.5 Å². The van der Waals surface area contributed by atoms with E-state index in [9.17, 15) is 10.1 Å². The van der Waals surface area contributed by atoms with Gasteiger partial charge in [-0.3, -0.25) is 10.1 Å². The van der Waals surface area contributed by atoms with Gasteiger partial charge in [0.1, 0.15) is 17.8 Å². The Morgan fingerprint density at radius 2 is 2.04 bits per heavy atom. The van der Waals surface area contributed by atoms with Crippen LogP contribution in [0.2, 0.25) is 5.02 Å². The molecule has 0 bridgehead atoms. The van der Waals surface area contributed by atoms with E-state index in [1.807, 2.05) is 4.90 Å². The van der Waals surface area contributed by atoms with Gasteiger partial charge in [0.25, 0.3) is 0 Å². The summed E-state index contributed by atoms with van der Waals surface area (Å²) in [7, 11) is 2.98. The molecule has 1 aliphatic rings. The molecule has 0 radical (unpaired) electrons. The Hall–Kier alpha value is -2.81. The maximum atomic E-state index is 11.9. The van der Waals surface area contributed by atoms with Crippen LogP contribution in [0.1, 0.15) is 19.8 Å². The lowest BCUT2D eigenvalue weighted by Gasteiger charge is -2.31. The summed E-state index contributed by atoms with van der Waals surface area (Å²) in [5, 5.41) is 15.2. The number of benzene rings is 1. The van der Waals surface area contributed by atoms with Crippen LogP contribution in [-0.4, -0.2) is 42.2 Å². The molecule has 1 aliphatic heterocycles. The lowest BCUT2D eigenvalue weighted by molar-refractivity contribution is -0.383. The van der Waals surface area contributed by atoms with Crippen molar-refractivity contribution in [3.8, 4) is 11.5 Å². The smallest absolute Gasteiger partial charge is 0.353 e. The Kier molecular flexibility index (Phi) is 6.03. The second-order valence-corrected chi connectivity index (χ2v) is 7.06. The van der Waals surface area contributed by atoms with Crippen molar-refractivity contribution in [2.24, 2.45) is 5.92 Å². The minimum absolute atomic E-state index is 0.0766. The molecule has 3 rings (SSSR count). The molecule has 2 heterocycles. The van der Waals surface area contributed by atoms with Gasteiger partial charge in [-0.05, 0) is 24.8 Å². The van der Waals surface area contributed by atoms with Gasteiger partial charge in [0.05, 0.1) is 29.9 Å². The fourth-order valence-electron chi connectivity index (χ4n) is 3.33. The second-order valence-electron chi connectivity index (χ2n) is 6.66. The number of nitrogens with one attached hydrogen (secondary N) is 1. The number of rotatable bonds is 6. The summed E-state index contributed by atoms with van der Waals surface area (Å²) in [4.78, 5) is 21.6. The Morgan fingerprint density at radius 1 is 1.29 bits per heavy atom. The number of methoxy groups -OCH3 is 2. The van der Waals surface area contributed by atoms with Crippen molar-refractivity contribution >= 4 is 34.6 Å². The predicted molar refractivity (Wildman–Crippen MR) is 107 cm³/mol.